The number of hydrogen-bond donors (Lipinski definition) is 2. The number of carbonyl (C=O) groups is 2. The molecule has 0 saturated carbocycles. The van der Waals surface area contributed by atoms with E-state index in [1.165, 1.54) is 0 Å². The van der Waals surface area contributed by atoms with Gasteiger partial charge in [-0.1, -0.05) is 53.5 Å². The van der Waals surface area contributed by atoms with Gasteiger partial charge in [0.25, 0.3) is 0 Å². The van der Waals surface area contributed by atoms with Crippen molar-refractivity contribution in [1.29, 1.82) is 0 Å². The number of aryl methyl sites for hydroxylation is 2. The van der Waals surface area contributed by atoms with Crippen molar-refractivity contribution in [2.45, 2.75) is 33.4 Å². The summed E-state index contributed by atoms with van der Waals surface area (Å²) in [6.45, 7) is 6.00. The highest BCUT2D eigenvalue weighted by Gasteiger charge is 2.20. The fraction of sp³-hybridized carbons (Fsp3) is 0.333. The molecule has 2 amide bonds. The van der Waals surface area contributed by atoms with Crippen molar-refractivity contribution in [2.24, 2.45) is 0 Å². The van der Waals surface area contributed by atoms with Crippen LogP contribution in [0.1, 0.15) is 23.6 Å². The van der Waals surface area contributed by atoms with Gasteiger partial charge in [-0.2, -0.15) is 0 Å². The lowest BCUT2D eigenvalue weighted by atomic mass is 10.1. The van der Waals surface area contributed by atoms with Crippen molar-refractivity contribution < 1.29 is 9.59 Å². The quantitative estimate of drug-likeness (QED) is 0.704. The van der Waals surface area contributed by atoms with E-state index in [9.17, 15) is 9.59 Å². The number of anilines is 1. The van der Waals surface area contributed by atoms with Crippen molar-refractivity contribution in [3.05, 3.63) is 63.1 Å². The number of para-hydroxylation sites is 1. The maximum Gasteiger partial charge on any atom is 0.243 e. The summed E-state index contributed by atoms with van der Waals surface area (Å²) in [5, 5.41) is 6.50. The Hall–Kier alpha value is -2.08. The Labute approximate surface area is 176 Å². The third kappa shape index (κ3) is 5.71. The van der Waals surface area contributed by atoms with E-state index in [0.717, 1.165) is 22.4 Å². The van der Waals surface area contributed by atoms with E-state index < -0.39 is 6.04 Å². The molecule has 1 atom stereocenters. The molecule has 0 saturated heterocycles. The Morgan fingerprint density at radius 2 is 1.68 bits per heavy atom. The zero-order valence-electron chi connectivity index (χ0n) is 16.5. The first-order chi connectivity index (χ1) is 13.2. The van der Waals surface area contributed by atoms with E-state index in [4.69, 9.17) is 23.2 Å². The van der Waals surface area contributed by atoms with Crippen molar-refractivity contribution in [1.82, 2.24) is 10.2 Å². The van der Waals surface area contributed by atoms with Crippen LogP contribution < -0.4 is 10.6 Å². The highest BCUT2D eigenvalue weighted by molar-refractivity contribution is 6.42. The van der Waals surface area contributed by atoms with E-state index in [2.05, 4.69) is 10.6 Å². The van der Waals surface area contributed by atoms with Gasteiger partial charge in [0.05, 0.1) is 22.6 Å². The Kier molecular flexibility index (Phi) is 7.87. The predicted octanol–water partition coefficient (Wildman–Crippen LogP) is 4.19. The fourth-order valence-electron chi connectivity index (χ4n) is 2.79. The summed E-state index contributed by atoms with van der Waals surface area (Å²) < 4.78 is 0. The fourth-order valence-corrected chi connectivity index (χ4v) is 3.17. The first-order valence-corrected chi connectivity index (χ1v) is 9.73. The minimum atomic E-state index is -0.442. The first-order valence-electron chi connectivity index (χ1n) is 8.97. The molecular formula is C21H25Cl2N3O2. The second kappa shape index (κ2) is 9.92. The first kappa shape index (κ1) is 22.2. The number of nitrogens with one attached hydrogen (secondary N) is 2. The monoisotopic (exact) mass is 421 g/mol. The van der Waals surface area contributed by atoms with Crippen LogP contribution in [0.15, 0.2) is 36.4 Å². The predicted molar refractivity (Wildman–Crippen MR) is 115 cm³/mol. The second-order valence-corrected chi connectivity index (χ2v) is 7.62. The number of hydrogen-bond acceptors (Lipinski definition) is 3. The highest BCUT2D eigenvalue weighted by atomic mass is 35.5. The van der Waals surface area contributed by atoms with Crippen LogP contribution in [0.4, 0.5) is 5.69 Å². The van der Waals surface area contributed by atoms with Gasteiger partial charge in [0.1, 0.15) is 0 Å². The van der Waals surface area contributed by atoms with Gasteiger partial charge in [0.2, 0.25) is 11.8 Å². The lowest BCUT2D eigenvalue weighted by molar-refractivity contribution is -0.127. The Morgan fingerprint density at radius 1 is 1.07 bits per heavy atom. The molecule has 0 aromatic heterocycles. The molecule has 5 nitrogen and oxygen atoms in total. The minimum Gasteiger partial charge on any atom is -0.346 e. The van der Waals surface area contributed by atoms with E-state index >= 15 is 0 Å². The molecule has 2 N–H and O–H groups in total. The standard InChI is InChI=1S/C21H25Cl2N3O2/c1-13-7-5-8-14(2)20(13)25-18(27)11-24-21(28)15(3)26(4)12-16-9-6-10-17(22)19(16)23/h5-10,15H,11-12H2,1-4H3,(H,24,28)(H,25,27). The highest BCUT2D eigenvalue weighted by Crippen LogP contribution is 2.26. The molecule has 0 aliphatic heterocycles. The van der Waals surface area contributed by atoms with Gasteiger partial charge in [0, 0.05) is 12.2 Å². The number of halogens is 2. The molecule has 0 heterocycles. The van der Waals surface area contributed by atoms with Crippen LogP contribution in [0.25, 0.3) is 0 Å². The number of benzene rings is 2. The van der Waals surface area contributed by atoms with Crippen LogP contribution in [0.5, 0.6) is 0 Å². The Morgan fingerprint density at radius 3 is 2.32 bits per heavy atom. The molecule has 0 spiro atoms. The summed E-state index contributed by atoms with van der Waals surface area (Å²) in [5.41, 5.74) is 3.57. The lowest BCUT2D eigenvalue weighted by Gasteiger charge is -2.24. The smallest absolute Gasteiger partial charge is 0.243 e. The molecule has 7 heteroatoms. The van der Waals surface area contributed by atoms with Gasteiger partial charge < -0.3 is 10.6 Å². The molecule has 2 aromatic carbocycles. The molecule has 150 valence electrons. The van der Waals surface area contributed by atoms with Crippen molar-refractivity contribution >= 4 is 40.7 Å². The van der Waals surface area contributed by atoms with Gasteiger partial charge in [-0.25, -0.2) is 0 Å². The average molecular weight is 422 g/mol. The Bertz CT molecular complexity index is 850. The van der Waals surface area contributed by atoms with Crippen molar-refractivity contribution in [3.63, 3.8) is 0 Å². The van der Waals surface area contributed by atoms with Crippen LogP contribution in [0.3, 0.4) is 0 Å². The maximum atomic E-state index is 12.4. The minimum absolute atomic E-state index is 0.0945. The zero-order chi connectivity index (χ0) is 20.8. The van der Waals surface area contributed by atoms with Crippen molar-refractivity contribution in [3.8, 4) is 0 Å². The Balaban J connectivity index is 1.89. The van der Waals surface area contributed by atoms with Gasteiger partial charge in [-0.15, -0.1) is 0 Å². The zero-order valence-corrected chi connectivity index (χ0v) is 18.0. The summed E-state index contributed by atoms with van der Waals surface area (Å²) in [7, 11) is 1.82. The van der Waals surface area contributed by atoms with E-state index in [1.54, 1.807) is 13.0 Å². The van der Waals surface area contributed by atoms with Crippen LogP contribution in [-0.2, 0) is 16.1 Å². The third-order valence-electron chi connectivity index (χ3n) is 4.66. The number of rotatable bonds is 7. The van der Waals surface area contributed by atoms with Crippen LogP contribution >= 0.6 is 23.2 Å². The van der Waals surface area contributed by atoms with Crippen LogP contribution in [-0.4, -0.2) is 36.3 Å². The summed E-state index contributed by atoms with van der Waals surface area (Å²) in [6.07, 6.45) is 0. The van der Waals surface area contributed by atoms with Gasteiger partial charge in [0.15, 0.2) is 0 Å². The summed E-state index contributed by atoms with van der Waals surface area (Å²) in [6, 6.07) is 10.8. The van der Waals surface area contributed by atoms with Crippen molar-refractivity contribution in [2.75, 3.05) is 18.9 Å². The molecule has 0 aliphatic rings. The number of carbonyl (C=O) groups excluding carboxylic acids is 2. The number of nitrogens with zero attached hydrogens (tertiary/aromatic N) is 1. The largest absolute Gasteiger partial charge is 0.346 e. The van der Waals surface area contributed by atoms with Gasteiger partial charge in [-0.05, 0) is 50.6 Å². The summed E-state index contributed by atoms with van der Waals surface area (Å²) in [5.74, 6) is -0.504. The number of amides is 2. The second-order valence-electron chi connectivity index (χ2n) is 6.84. The van der Waals surface area contributed by atoms with E-state index in [0.29, 0.717) is 16.6 Å². The molecule has 0 fully saturated rings. The molecule has 0 radical (unpaired) electrons. The molecule has 1 unspecified atom stereocenters. The molecule has 2 rings (SSSR count). The van der Waals surface area contributed by atoms with Crippen LogP contribution in [0, 0.1) is 13.8 Å². The SMILES string of the molecule is Cc1cccc(C)c1NC(=O)CNC(=O)C(C)N(C)Cc1cccc(Cl)c1Cl. The molecule has 0 bridgehead atoms. The third-order valence-corrected chi connectivity index (χ3v) is 5.52. The normalized spacial score (nSPS) is 12.0. The van der Waals surface area contributed by atoms with E-state index in [1.807, 2.05) is 56.1 Å². The lowest BCUT2D eigenvalue weighted by Crippen LogP contribution is -2.45. The molecule has 0 aliphatic carbocycles. The maximum absolute atomic E-state index is 12.4. The van der Waals surface area contributed by atoms with Gasteiger partial charge >= 0.3 is 0 Å². The summed E-state index contributed by atoms with van der Waals surface area (Å²) >= 11 is 12.3. The van der Waals surface area contributed by atoms with Gasteiger partial charge in [-0.3, -0.25) is 14.5 Å². The molecular weight excluding hydrogens is 397 g/mol. The molecule has 28 heavy (non-hydrogen) atoms. The molecule has 2 aromatic rings. The summed E-state index contributed by atoms with van der Waals surface area (Å²) in [4.78, 5) is 26.5. The van der Waals surface area contributed by atoms with E-state index in [-0.39, 0.29) is 18.4 Å². The van der Waals surface area contributed by atoms with Crippen LogP contribution in [0.2, 0.25) is 10.0 Å². The average Bonchev–Trinajstić information content (AvgIpc) is 2.65. The number of likely N-dealkylation sites (N-methyl/N-ethyl adjacent to an activating group) is 1. The topological polar surface area (TPSA) is 61.4 Å².